The lowest BCUT2D eigenvalue weighted by atomic mass is 10.1. The Balaban J connectivity index is 1.70. The average Bonchev–Trinajstić information content (AvgIpc) is 3.33. The number of aromatic nitrogens is 6. The predicted molar refractivity (Wildman–Crippen MR) is 100 cm³/mol. The van der Waals surface area contributed by atoms with Crippen molar-refractivity contribution in [2.24, 2.45) is 0 Å². The van der Waals surface area contributed by atoms with Crippen molar-refractivity contribution in [2.75, 3.05) is 0 Å². The molecule has 7 nitrogen and oxygen atoms in total. The quantitative estimate of drug-likeness (QED) is 0.512. The highest BCUT2D eigenvalue weighted by molar-refractivity contribution is 5.55. The van der Waals surface area contributed by atoms with Gasteiger partial charge in [-0.15, -0.1) is 10.2 Å². The van der Waals surface area contributed by atoms with E-state index in [9.17, 15) is 18.4 Å². The van der Waals surface area contributed by atoms with Crippen molar-refractivity contribution in [1.29, 1.82) is 5.26 Å². The van der Waals surface area contributed by atoms with Crippen LogP contribution in [0.1, 0.15) is 22.5 Å². The molecule has 0 fully saturated rings. The Labute approximate surface area is 169 Å². The first-order chi connectivity index (χ1) is 14.4. The van der Waals surface area contributed by atoms with Crippen LogP contribution in [0.5, 0.6) is 0 Å². The fraction of sp³-hybridized carbons (Fsp3) is 0.150. The van der Waals surface area contributed by atoms with E-state index in [1.54, 1.807) is 11.6 Å². The Morgan fingerprint density at radius 1 is 1.03 bits per heavy atom. The molecule has 4 aromatic rings. The molecule has 0 aliphatic rings. The zero-order chi connectivity index (χ0) is 21.3. The van der Waals surface area contributed by atoms with Gasteiger partial charge in [-0.05, 0) is 36.4 Å². The summed E-state index contributed by atoms with van der Waals surface area (Å²) in [7, 11) is 0. The topological polar surface area (TPSA) is 85.2 Å². The number of rotatable bonds is 4. The number of tetrazole rings is 1. The SMILES string of the molecule is Cc1nn(-c2ccccc2)c(Cn2nnc(-c3cccc(C(F)(F)F)c3)n2)c1C#N. The lowest BCUT2D eigenvalue weighted by Gasteiger charge is -2.07. The largest absolute Gasteiger partial charge is 0.416 e. The molecule has 2 aromatic heterocycles. The molecule has 0 saturated carbocycles. The summed E-state index contributed by atoms with van der Waals surface area (Å²) < 4.78 is 40.5. The zero-order valence-electron chi connectivity index (χ0n) is 15.7. The van der Waals surface area contributed by atoms with Gasteiger partial charge in [0.25, 0.3) is 0 Å². The fourth-order valence-corrected chi connectivity index (χ4v) is 3.04. The number of hydrogen-bond acceptors (Lipinski definition) is 5. The maximum atomic E-state index is 13.0. The molecule has 0 atom stereocenters. The summed E-state index contributed by atoms with van der Waals surface area (Å²) in [5, 5.41) is 26.0. The molecule has 0 aliphatic carbocycles. The second-order valence-electron chi connectivity index (χ2n) is 6.49. The van der Waals surface area contributed by atoms with Gasteiger partial charge in [-0.2, -0.15) is 28.3 Å². The van der Waals surface area contributed by atoms with Crippen molar-refractivity contribution in [3.05, 3.63) is 77.1 Å². The molecule has 0 aliphatic heterocycles. The van der Waals surface area contributed by atoms with Crippen LogP contribution in [-0.2, 0) is 12.7 Å². The number of alkyl halides is 3. The van der Waals surface area contributed by atoms with Gasteiger partial charge in [-0.3, -0.25) is 0 Å². The molecule has 0 amide bonds. The number of halogens is 3. The molecule has 2 aromatic carbocycles. The summed E-state index contributed by atoms with van der Waals surface area (Å²) in [6.45, 7) is 1.80. The molecule has 150 valence electrons. The molecule has 2 heterocycles. The Hall–Kier alpha value is -4.00. The van der Waals surface area contributed by atoms with E-state index in [-0.39, 0.29) is 17.9 Å². The van der Waals surface area contributed by atoms with Gasteiger partial charge in [0.2, 0.25) is 5.82 Å². The summed E-state index contributed by atoms with van der Waals surface area (Å²) in [6.07, 6.45) is -4.46. The minimum absolute atomic E-state index is 0.0575. The molecule has 0 radical (unpaired) electrons. The summed E-state index contributed by atoms with van der Waals surface area (Å²) in [4.78, 5) is 1.23. The predicted octanol–water partition coefficient (Wildman–Crippen LogP) is 3.77. The molecule has 0 N–H and O–H groups in total. The van der Waals surface area contributed by atoms with Gasteiger partial charge in [0.15, 0.2) is 0 Å². The molecule has 0 bridgehead atoms. The van der Waals surface area contributed by atoms with Crippen LogP contribution in [0.15, 0.2) is 54.6 Å². The minimum atomic E-state index is -4.46. The van der Waals surface area contributed by atoms with Crippen LogP contribution in [0.3, 0.4) is 0 Å². The number of benzene rings is 2. The smallest absolute Gasteiger partial charge is 0.234 e. The fourth-order valence-electron chi connectivity index (χ4n) is 3.04. The van der Waals surface area contributed by atoms with Crippen molar-refractivity contribution in [1.82, 2.24) is 30.0 Å². The number of nitrogens with zero attached hydrogens (tertiary/aromatic N) is 7. The Kier molecular flexibility index (Phi) is 4.79. The van der Waals surface area contributed by atoms with Gasteiger partial charge in [0, 0.05) is 5.56 Å². The summed E-state index contributed by atoms with van der Waals surface area (Å²) >= 11 is 0. The third-order valence-electron chi connectivity index (χ3n) is 4.46. The zero-order valence-corrected chi connectivity index (χ0v) is 15.7. The number of hydrogen-bond donors (Lipinski definition) is 0. The van der Waals surface area contributed by atoms with Gasteiger partial charge in [0.05, 0.1) is 28.2 Å². The highest BCUT2D eigenvalue weighted by atomic mass is 19.4. The van der Waals surface area contributed by atoms with Crippen LogP contribution in [0.2, 0.25) is 0 Å². The van der Waals surface area contributed by atoms with Crippen LogP contribution in [-0.4, -0.2) is 30.0 Å². The molecular formula is C20H14F3N7. The molecule has 10 heteroatoms. The van der Waals surface area contributed by atoms with E-state index in [0.717, 1.165) is 17.8 Å². The van der Waals surface area contributed by atoms with E-state index in [2.05, 4.69) is 26.6 Å². The second-order valence-corrected chi connectivity index (χ2v) is 6.49. The van der Waals surface area contributed by atoms with Crippen LogP contribution in [0.25, 0.3) is 17.1 Å². The third-order valence-corrected chi connectivity index (χ3v) is 4.46. The van der Waals surface area contributed by atoms with Crippen molar-refractivity contribution >= 4 is 0 Å². The summed E-state index contributed by atoms with van der Waals surface area (Å²) in [5.41, 5.74) is 1.65. The van der Waals surface area contributed by atoms with E-state index in [0.29, 0.717) is 17.0 Å². The normalized spacial score (nSPS) is 11.4. The average molecular weight is 409 g/mol. The third kappa shape index (κ3) is 3.65. The van der Waals surface area contributed by atoms with Gasteiger partial charge in [-0.1, -0.05) is 30.3 Å². The summed E-state index contributed by atoms with van der Waals surface area (Å²) in [6, 6.07) is 16.1. The summed E-state index contributed by atoms with van der Waals surface area (Å²) in [5.74, 6) is 0.0575. The van der Waals surface area contributed by atoms with E-state index in [1.165, 1.54) is 16.9 Å². The van der Waals surface area contributed by atoms with Crippen LogP contribution in [0.4, 0.5) is 13.2 Å². The van der Waals surface area contributed by atoms with E-state index < -0.39 is 11.7 Å². The monoisotopic (exact) mass is 409 g/mol. The van der Waals surface area contributed by atoms with Gasteiger partial charge in [-0.25, -0.2) is 4.68 Å². The Bertz CT molecular complexity index is 1230. The van der Waals surface area contributed by atoms with Crippen molar-refractivity contribution in [3.8, 4) is 23.1 Å². The van der Waals surface area contributed by atoms with Crippen LogP contribution >= 0.6 is 0 Å². The highest BCUT2D eigenvalue weighted by Gasteiger charge is 2.30. The van der Waals surface area contributed by atoms with Gasteiger partial charge < -0.3 is 0 Å². The minimum Gasteiger partial charge on any atom is -0.234 e. The second kappa shape index (κ2) is 7.44. The molecule has 0 spiro atoms. The lowest BCUT2D eigenvalue weighted by Crippen LogP contribution is -2.11. The first-order valence-electron chi connectivity index (χ1n) is 8.86. The first kappa shape index (κ1) is 19.3. The molecule has 0 unspecified atom stereocenters. The highest BCUT2D eigenvalue weighted by Crippen LogP contribution is 2.31. The van der Waals surface area contributed by atoms with Crippen molar-refractivity contribution < 1.29 is 13.2 Å². The van der Waals surface area contributed by atoms with Gasteiger partial charge in [0.1, 0.15) is 12.6 Å². The standard InChI is InChI=1S/C20H14F3N7/c1-13-17(11-24)18(30(26-13)16-8-3-2-4-9-16)12-29-27-19(25-28-29)14-6-5-7-15(10-14)20(21,22)23/h2-10H,12H2,1H3. The molecular weight excluding hydrogens is 395 g/mol. The molecule has 4 rings (SSSR count). The number of aryl methyl sites for hydroxylation is 1. The molecule has 0 saturated heterocycles. The van der Waals surface area contributed by atoms with Crippen LogP contribution in [0, 0.1) is 18.3 Å². The van der Waals surface area contributed by atoms with E-state index in [1.807, 2.05) is 30.3 Å². The first-order valence-corrected chi connectivity index (χ1v) is 8.86. The Morgan fingerprint density at radius 3 is 2.50 bits per heavy atom. The van der Waals surface area contributed by atoms with E-state index in [4.69, 9.17) is 0 Å². The lowest BCUT2D eigenvalue weighted by molar-refractivity contribution is -0.137. The Morgan fingerprint density at radius 2 is 1.80 bits per heavy atom. The maximum Gasteiger partial charge on any atom is 0.416 e. The van der Waals surface area contributed by atoms with E-state index >= 15 is 0 Å². The van der Waals surface area contributed by atoms with Gasteiger partial charge >= 0.3 is 6.18 Å². The number of para-hydroxylation sites is 1. The van der Waals surface area contributed by atoms with Crippen molar-refractivity contribution in [3.63, 3.8) is 0 Å². The molecule has 30 heavy (non-hydrogen) atoms. The number of nitriles is 1. The van der Waals surface area contributed by atoms with Crippen LogP contribution < -0.4 is 0 Å². The van der Waals surface area contributed by atoms with Crippen molar-refractivity contribution in [2.45, 2.75) is 19.6 Å². The maximum absolute atomic E-state index is 13.0.